The molecule has 1 aromatic heterocycles. The van der Waals surface area contributed by atoms with Crippen LogP contribution in [-0.4, -0.2) is 35.8 Å². The third kappa shape index (κ3) is 9.43. The van der Waals surface area contributed by atoms with Crippen molar-refractivity contribution in [1.29, 1.82) is 0 Å². The maximum Gasteiger partial charge on any atom is 0.318 e. The van der Waals surface area contributed by atoms with Crippen molar-refractivity contribution in [3.05, 3.63) is 71.9 Å². The van der Waals surface area contributed by atoms with Gasteiger partial charge in [-0.25, -0.2) is 4.98 Å². The van der Waals surface area contributed by atoms with Crippen molar-refractivity contribution in [3.63, 3.8) is 0 Å². The number of aromatic nitrogens is 2. The first-order valence-corrected chi connectivity index (χ1v) is 8.96. The number of aromatic hydroxyl groups is 1. The number of nitrogens with one attached hydrogen (secondary N) is 1. The largest absolute Gasteiger partial charge is 0.508 e. The minimum absolute atomic E-state index is 0.322. The number of hydrogen-bond acceptors (Lipinski definition) is 6. The van der Waals surface area contributed by atoms with Gasteiger partial charge in [0.15, 0.2) is 0 Å². The van der Waals surface area contributed by atoms with Crippen molar-refractivity contribution in [1.82, 2.24) is 9.97 Å². The molecule has 0 aliphatic carbocycles. The van der Waals surface area contributed by atoms with E-state index >= 15 is 0 Å². The second-order valence-corrected chi connectivity index (χ2v) is 5.76. The van der Waals surface area contributed by atoms with Gasteiger partial charge in [-0.2, -0.15) is 4.98 Å². The number of aryl methyl sites for hydroxylation is 2. The number of hydrogen-bond donors (Lipinski definition) is 2. The van der Waals surface area contributed by atoms with Crippen LogP contribution in [0.4, 0.5) is 5.82 Å². The van der Waals surface area contributed by atoms with Crippen LogP contribution in [0.3, 0.4) is 0 Å². The van der Waals surface area contributed by atoms with E-state index in [9.17, 15) is 0 Å². The SMILES string of the molecule is CCNc1cc(C)nc(OC)n1.COc1ccc(C)cc1.Oc1ccccc1. The van der Waals surface area contributed by atoms with Gasteiger partial charge in [0.1, 0.15) is 17.3 Å². The number of anilines is 1. The molecule has 1 heterocycles. The lowest BCUT2D eigenvalue weighted by molar-refractivity contribution is 0.379. The summed E-state index contributed by atoms with van der Waals surface area (Å²) in [5.41, 5.74) is 2.16. The summed E-state index contributed by atoms with van der Waals surface area (Å²) in [4.78, 5) is 8.16. The molecule has 0 fully saturated rings. The van der Waals surface area contributed by atoms with Gasteiger partial charge in [-0.15, -0.1) is 0 Å². The molecule has 0 radical (unpaired) electrons. The van der Waals surface area contributed by atoms with Crippen molar-refractivity contribution >= 4 is 5.82 Å². The van der Waals surface area contributed by atoms with Crippen LogP contribution in [0, 0.1) is 13.8 Å². The summed E-state index contributed by atoms with van der Waals surface area (Å²) in [6, 6.07) is 19.0. The Balaban J connectivity index is 0.000000218. The molecule has 0 amide bonds. The molecule has 0 saturated carbocycles. The van der Waals surface area contributed by atoms with Gasteiger partial charge in [0.05, 0.1) is 14.2 Å². The summed E-state index contributed by atoms with van der Waals surface area (Å²) in [6.45, 7) is 6.83. The first kappa shape index (κ1) is 22.8. The Kier molecular flexibility index (Phi) is 10.5. The Labute approximate surface area is 167 Å². The van der Waals surface area contributed by atoms with Crippen LogP contribution in [0.25, 0.3) is 0 Å². The fourth-order valence-electron chi connectivity index (χ4n) is 2.01. The normalized spacial score (nSPS) is 9.18. The zero-order valence-electron chi connectivity index (χ0n) is 17.1. The van der Waals surface area contributed by atoms with Crippen LogP contribution in [0.1, 0.15) is 18.2 Å². The zero-order chi connectivity index (χ0) is 20.8. The quantitative estimate of drug-likeness (QED) is 0.684. The lowest BCUT2D eigenvalue weighted by Gasteiger charge is -2.04. The van der Waals surface area contributed by atoms with E-state index in [1.165, 1.54) is 5.56 Å². The van der Waals surface area contributed by atoms with E-state index in [2.05, 4.69) is 22.2 Å². The average molecular weight is 383 g/mol. The van der Waals surface area contributed by atoms with Gasteiger partial charge in [0, 0.05) is 18.3 Å². The summed E-state index contributed by atoms with van der Waals surface area (Å²) >= 11 is 0. The first-order chi connectivity index (χ1) is 13.5. The summed E-state index contributed by atoms with van der Waals surface area (Å²) < 4.78 is 9.89. The predicted octanol–water partition coefficient (Wildman–Crippen LogP) is 4.62. The predicted molar refractivity (Wildman–Crippen MR) is 113 cm³/mol. The first-order valence-electron chi connectivity index (χ1n) is 8.96. The lowest BCUT2D eigenvalue weighted by atomic mass is 10.2. The third-order valence-electron chi connectivity index (χ3n) is 3.39. The average Bonchev–Trinajstić information content (AvgIpc) is 2.70. The Hall–Kier alpha value is -3.28. The standard InChI is InChI=1S/C8H13N3O.C8H10O.C6H6O/c1-4-9-7-5-6(2)10-8(11-7)12-3;1-7-3-5-8(9-2)6-4-7;7-6-4-2-1-3-5-6/h5H,4H2,1-3H3,(H,9,10,11);3-6H,1-2H3;1-5,7H. The van der Waals surface area contributed by atoms with E-state index in [1.807, 2.05) is 50.2 Å². The van der Waals surface area contributed by atoms with Crippen molar-refractivity contribution in [2.24, 2.45) is 0 Å². The molecule has 28 heavy (non-hydrogen) atoms. The van der Waals surface area contributed by atoms with E-state index < -0.39 is 0 Å². The van der Waals surface area contributed by atoms with Gasteiger partial charge in [0.25, 0.3) is 0 Å². The van der Waals surface area contributed by atoms with Crippen molar-refractivity contribution < 1.29 is 14.6 Å². The summed E-state index contributed by atoms with van der Waals surface area (Å²) in [7, 11) is 3.23. The number of phenols is 1. The Morgan fingerprint density at radius 1 is 0.893 bits per heavy atom. The highest BCUT2D eigenvalue weighted by atomic mass is 16.5. The molecule has 0 bridgehead atoms. The second kappa shape index (κ2) is 13.0. The molecule has 0 aliphatic rings. The smallest absolute Gasteiger partial charge is 0.318 e. The molecule has 0 unspecified atom stereocenters. The van der Waals surface area contributed by atoms with Crippen molar-refractivity contribution in [2.45, 2.75) is 20.8 Å². The van der Waals surface area contributed by atoms with Crippen LogP contribution in [0.2, 0.25) is 0 Å². The molecule has 2 N–H and O–H groups in total. The van der Waals surface area contributed by atoms with E-state index in [-0.39, 0.29) is 0 Å². The van der Waals surface area contributed by atoms with Gasteiger partial charge in [0.2, 0.25) is 0 Å². The van der Waals surface area contributed by atoms with Gasteiger partial charge in [-0.1, -0.05) is 35.9 Å². The topological polar surface area (TPSA) is 76.5 Å². The summed E-state index contributed by atoms with van der Waals surface area (Å²) in [5.74, 6) is 2.05. The molecule has 6 heteroatoms. The molecule has 3 aromatic rings. The molecule has 0 aliphatic heterocycles. The molecular formula is C22H29N3O3. The third-order valence-corrected chi connectivity index (χ3v) is 3.39. The van der Waals surface area contributed by atoms with E-state index in [4.69, 9.17) is 14.6 Å². The van der Waals surface area contributed by atoms with E-state index in [1.54, 1.807) is 38.5 Å². The molecule has 0 saturated heterocycles. The van der Waals surface area contributed by atoms with E-state index in [0.717, 1.165) is 23.8 Å². The highest BCUT2D eigenvalue weighted by molar-refractivity contribution is 5.36. The van der Waals surface area contributed by atoms with Crippen LogP contribution < -0.4 is 14.8 Å². The highest BCUT2D eigenvalue weighted by Gasteiger charge is 1.99. The number of para-hydroxylation sites is 1. The highest BCUT2D eigenvalue weighted by Crippen LogP contribution is 2.10. The molecule has 6 nitrogen and oxygen atoms in total. The number of nitrogens with zero attached hydrogens (tertiary/aromatic N) is 2. The number of ether oxygens (including phenoxy) is 2. The summed E-state index contributed by atoms with van der Waals surface area (Å²) in [5, 5.41) is 11.7. The van der Waals surface area contributed by atoms with Gasteiger partial charge in [-0.05, 0) is 45.0 Å². The fourth-order valence-corrected chi connectivity index (χ4v) is 2.01. The monoisotopic (exact) mass is 383 g/mol. The number of methoxy groups -OCH3 is 2. The molecule has 0 spiro atoms. The Morgan fingerprint density at radius 2 is 1.54 bits per heavy atom. The fraction of sp³-hybridized carbons (Fsp3) is 0.273. The van der Waals surface area contributed by atoms with Gasteiger partial charge >= 0.3 is 6.01 Å². The van der Waals surface area contributed by atoms with Crippen LogP contribution in [-0.2, 0) is 0 Å². The number of phenolic OH excluding ortho intramolecular Hbond substituents is 1. The summed E-state index contributed by atoms with van der Waals surface area (Å²) in [6.07, 6.45) is 0. The lowest BCUT2D eigenvalue weighted by Crippen LogP contribution is -2.02. The van der Waals surface area contributed by atoms with E-state index in [0.29, 0.717) is 11.8 Å². The van der Waals surface area contributed by atoms with Crippen LogP contribution >= 0.6 is 0 Å². The minimum Gasteiger partial charge on any atom is -0.508 e. The van der Waals surface area contributed by atoms with Crippen molar-refractivity contribution in [3.8, 4) is 17.5 Å². The molecule has 2 aromatic carbocycles. The molecule has 0 atom stereocenters. The van der Waals surface area contributed by atoms with Crippen LogP contribution in [0.15, 0.2) is 60.7 Å². The second-order valence-electron chi connectivity index (χ2n) is 5.76. The maximum absolute atomic E-state index is 8.63. The molecule has 3 rings (SSSR count). The Bertz CT molecular complexity index is 794. The zero-order valence-corrected chi connectivity index (χ0v) is 17.1. The van der Waals surface area contributed by atoms with Gasteiger partial charge in [-0.3, -0.25) is 0 Å². The number of rotatable bonds is 4. The van der Waals surface area contributed by atoms with Crippen molar-refractivity contribution in [2.75, 3.05) is 26.1 Å². The number of benzene rings is 2. The van der Waals surface area contributed by atoms with Gasteiger partial charge < -0.3 is 19.9 Å². The van der Waals surface area contributed by atoms with Crippen LogP contribution in [0.5, 0.6) is 17.5 Å². The molecular weight excluding hydrogens is 354 g/mol. The molecule has 150 valence electrons. The Morgan fingerprint density at radius 3 is 2.00 bits per heavy atom. The minimum atomic E-state index is 0.322. The maximum atomic E-state index is 8.63.